The molecule has 0 heterocycles. The molecule has 1 aromatic carbocycles. The van der Waals surface area contributed by atoms with Crippen molar-refractivity contribution >= 4 is 17.5 Å². The largest absolute Gasteiger partial charge is 0.395 e. The van der Waals surface area contributed by atoms with Gasteiger partial charge in [-0.3, -0.25) is 4.79 Å². The number of aliphatic hydroxyl groups excluding tert-OH is 1. The van der Waals surface area contributed by atoms with Crippen molar-refractivity contribution in [3.63, 3.8) is 0 Å². The number of hydrogen-bond acceptors (Lipinski definition) is 2. The molecule has 0 aliphatic heterocycles. The van der Waals surface area contributed by atoms with Crippen LogP contribution in [0.3, 0.4) is 0 Å². The van der Waals surface area contributed by atoms with Crippen LogP contribution in [-0.2, 0) is 10.2 Å². The van der Waals surface area contributed by atoms with Crippen molar-refractivity contribution in [1.82, 2.24) is 4.90 Å². The number of carbonyl (C=O) groups excluding carboxylic acids is 1. The molecule has 2 rings (SSSR count). The zero-order valence-corrected chi connectivity index (χ0v) is 12.0. The second-order valence-electron chi connectivity index (χ2n) is 5.10. The van der Waals surface area contributed by atoms with Crippen LogP contribution in [0.25, 0.3) is 0 Å². The van der Waals surface area contributed by atoms with Crippen molar-refractivity contribution in [2.75, 3.05) is 19.7 Å². The number of nitrogens with zero attached hydrogens (tertiary/aromatic N) is 1. The topological polar surface area (TPSA) is 40.5 Å². The zero-order chi connectivity index (χ0) is 13.9. The van der Waals surface area contributed by atoms with E-state index >= 15 is 0 Å². The smallest absolute Gasteiger partial charge is 0.233 e. The maximum Gasteiger partial charge on any atom is 0.233 e. The summed E-state index contributed by atoms with van der Waals surface area (Å²) in [6, 6.07) is 7.55. The molecule has 1 fully saturated rings. The standard InChI is InChI=1S/C15H20ClNO2/c1-2-9-17(10-11-18)14(19)15(7-8-15)12-3-5-13(16)6-4-12/h3-6,18H,2,7-11H2,1H3. The second-order valence-corrected chi connectivity index (χ2v) is 5.54. The van der Waals surface area contributed by atoms with Gasteiger partial charge in [-0.2, -0.15) is 0 Å². The van der Waals surface area contributed by atoms with E-state index in [1.54, 1.807) is 4.90 Å². The maximum atomic E-state index is 12.7. The van der Waals surface area contributed by atoms with Crippen LogP contribution in [0.5, 0.6) is 0 Å². The molecule has 104 valence electrons. The number of amides is 1. The van der Waals surface area contributed by atoms with Crippen molar-refractivity contribution in [3.8, 4) is 0 Å². The highest BCUT2D eigenvalue weighted by molar-refractivity contribution is 6.30. The van der Waals surface area contributed by atoms with Crippen LogP contribution >= 0.6 is 11.6 Å². The van der Waals surface area contributed by atoms with Crippen LogP contribution in [0, 0.1) is 0 Å². The fourth-order valence-electron chi connectivity index (χ4n) is 2.53. The first kappa shape index (κ1) is 14.4. The highest BCUT2D eigenvalue weighted by Crippen LogP contribution is 2.49. The molecule has 0 bridgehead atoms. The van der Waals surface area contributed by atoms with Crippen molar-refractivity contribution in [1.29, 1.82) is 0 Å². The van der Waals surface area contributed by atoms with Gasteiger partial charge in [-0.1, -0.05) is 30.7 Å². The summed E-state index contributed by atoms with van der Waals surface area (Å²) < 4.78 is 0. The van der Waals surface area contributed by atoms with E-state index < -0.39 is 0 Å². The van der Waals surface area contributed by atoms with Crippen molar-refractivity contribution in [3.05, 3.63) is 34.9 Å². The maximum absolute atomic E-state index is 12.7. The molecule has 0 spiro atoms. The average molecular weight is 282 g/mol. The molecule has 0 unspecified atom stereocenters. The number of hydrogen-bond donors (Lipinski definition) is 1. The third-order valence-electron chi connectivity index (χ3n) is 3.71. The summed E-state index contributed by atoms with van der Waals surface area (Å²) in [5.41, 5.74) is 0.676. The molecular weight excluding hydrogens is 262 g/mol. The summed E-state index contributed by atoms with van der Waals surface area (Å²) in [5.74, 6) is 0.144. The molecule has 1 aliphatic rings. The Morgan fingerprint density at radius 2 is 1.95 bits per heavy atom. The summed E-state index contributed by atoms with van der Waals surface area (Å²) in [5, 5.41) is 9.78. The molecule has 1 aliphatic carbocycles. The molecular formula is C15H20ClNO2. The summed E-state index contributed by atoms with van der Waals surface area (Å²) in [6.07, 6.45) is 2.68. The lowest BCUT2D eigenvalue weighted by molar-refractivity contribution is -0.134. The number of carbonyl (C=O) groups is 1. The monoisotopic (exact) mass is 281 g/mol. The van der Waals surface area contributed by atoms with Gasteiger partial charge >= 0.3 is 0 Å². The van der Waals surface area contributed by atoms with E-state index in [4.69, 9.17) is 16.7 Å². The van der Waals surface area contributed by atoms with E-state index in [1.165, 1.54) is 0 Å². The van der Waals surface area contributed by atoms with Crippen LogP contribution in [-0.4, -0.2) is 35.6 Å². The van der Waals surface area contributed by atoms with Gasteiger partial charge in [-0.05, 0) is 37.0 Å². The van der Waals surface area contributed by atoms with Crippen molar-refractivity contribution < 1.29 is 9.90 Å². The molecule has 4 heteroatoms. The van der Waals surface area contributed by atoms with E-state index in [1.807, 2.05) is 31.2 Å². The molecule has 19 heavy (non-hydrogen) atoms. The van der Waals surface area contributed by atoms with Gasteiger partial charge < -0.3 is 10.0 Å². The highest BCUT2D eigenvalue weighted by Gasteiger charge is 2.52. The first-order chi connectivity index (χ1) is 9.14. The quantitative estimate of drug-likeness (QED) is 0.871. The molecule has 0 radical (unpaired) electrons. The van der Waals surface area contributed by atoms with E-state index in [-0.39, 0.29) is 17.9 Å². The number of halogens is 1. The Balaban J connectivity index is 2.19. The Morgan fingerprint density at radius 1 is 1.32 bits per heavy atom. The van der Waals surface area contributed by atoms with Gasteiger partial charge in [0.2, 0.25) is 5.91 Å². The minimum Gasteiger partial charge on any atom is -0.395 e. The summed E-state index contributed by atoms with van der Waals surface area (Å²) in [4.78, 5) is 14.5. The van der Waals surface area contributed by atoms with Crippen LogP contribution in [0.15, 0.2) is 24.3 Å². The molecule has 0 atom stereocenters. The van der Waals surface area contributed by atoms with Crippen LogP contribution in [0.2, 0.25) is 5.02 Å². The van der Waals surface area contributed by atoms with Crippen LogP contribution in [0.1, 0.15) is 31.7 Å². The third kappa shape index (κ3) is 2.93. The van der Waals surface area contributed by atoms with Gasteiger partial charge in [0.1, 0.15) is 0 Å². The second kappa shape index (κ2) is 5.93. The molecule has 1 N–H and O–H groups in total. The van der Waals surface area contributed by atoms with Gasteiger partial charge in [-0.15, -0.1) is 0 Å². The lowest BCUT2D eigenvalue weighted by Gasteiger charge is -2.26. The fraction of sp³-hybridized carbons (Fsp3) is 0.533. The minimum absolute atomic E-state index is 0.0163. The Kier molecular flexibility index (Phi) is 4.48. The molecule has 0 saturated heterocycles. The fourth-order valence-corrected chi connectivity index (χ4v) is 2.65. The van der Waals surface area contributed by atoms with E-state index in [9.17, 15) is 4.79 Å². The molecule has 1 aromatic rings. The summed E-state index contributed by atoms with van der Waals surface area (Å²) >= 11 is 5.90. The molecule has 1 amide bonds. The van der Waals surface area contributed by atoms with Crippen LogP contribution in [0.4, 0.5) is 0 Å². The zero-order valence-electron chi connectivity index (χ0n) is 11.2. The molecule has 1 saturated carbocycles. The van der Waals surface area contributed by atoms with E-state index in [0.29, 0.717) is 18.1 Å². The lowest BCUT2D eigenvalue weighted by atomic mass is 9.94. The predicted molar refractivity (Wildman–Crippen MR) is 76.3 cm³/mol. The minimum atomic E-state index is -0.366. The average Bonchev–Trinajstić information content (AvgIpc) is 3.20. The molecule has 3 nitrogen and oxygen atoms in total. The Labute approximate surface area is 119 Å². The van der Waals surface area contributed by atoms with E-state index in [2.05, 4.69) is 0 Å². The Bertz CT molecular complexity index is 434. The SMILES string of the molecule is CCCN(CCO)C(=O)C1(c2ccc(Cl)cc2)CC1. The highest BCUT2D eigenvalue weighted by atomic mass is 35.5. The van der Waals surface area contributed by atoms with Gasteiger partial charge in [-0.25, -0.2) is 0 Å². The number of benzene rings is 1. The normalized spacial score (nSPS) is 16.2. The van der Waals surface area contributed by atoms with Gasteiger partial charge in [0.25, 0.3) is 0 Å². The van der Waals surface area contributed by atoms with E-state index in [0.717, 1.165) is 24.8 Å². The summed E-state index contributed by atoms with van der Waals surface area (Å²) in [7, 11) is 0. The molecule has 0 aromatic heterocycles. The first-order valence-corrected chi connectivity index (χ1v) is 7.18. The lowest BCUT2D eigenvalue weighted by Crippen LogP contribution is -2.41. The Hall–Kier alpha value is -1.06. The van der Waals surface area contributed by atoms with Gasteiger partial charge in [0.15, 0.2) is 0 Å². The van der Waals surface area contributed by atoms with Gasteiger partial charge in [0, 0.05) is 18.1 Å². The third-order valence-corrected chi connectivity index (χ3v) is 3.96. The Morgan fingerprint density at radius 3 is 2.42 bits per heavy atom. The van der Waals surface area contributed by atoms with Crippen LogP contribution < -0.4 is 0 Å². The first-order valence-electron chi connectivity index (χ1n) is 6.80. The summed E-state index contributed by atoms with van der Waals surface area (Å²) in [6.45, 7) is 3.18. The van der Waals surface area contributed by atoms with Gasteiger partial charge in [0.05, 0.1) is 12.0 Å². The van der Waals surface area contributed by atoms with Crippen molar-refractivity contribution in [2.45, 2.75) is 31.6 Å². The number of rotatable bonds is 6. The predicted octanol–water partition coefficient (Wildman–Crippen LogP) is 2.60. The number of aliphatic hydroxyl groups is 1. The van der Waals surface area contributed by atoms with Crippen molar-refractivity contribution in [2.24, 2.45) is 0 Å².